The number of nitrogens with zero attached hydrogens (tertiary/aromatic N) is 2. The van der Waals surface area contributed by atoms with Crippen LogP contribution in [-0.2, 0) is 6.54 Å². The Morgan fingerprint density at radius 2 is 2.19 bits per heavy atom. The van der Waals surface area contributed by atoms with Gasteiger partial charge < -0.3 is 5.73 Å². The van der Waals surface area contributed by atoms with Crippen LogP contribution in [0.15, 0.2) is 18.3 Å². The second-order valence-electron chi connectivity index (χ2n) is 5.01. The average molecular weight is 242 g/mol. The molecule has 0 aliphatic carbocycles. The molecule has 0 spiro atoms. The van der Waals surface area contributed by atoms with Crippen molar-refractivity contribution in [1.29, 1.82) is 0 Å². The van der Waals surface area contributed by atoms with Gasteiger partial charge in [0.2, 0.25) is 0 Å². The monoisotopic (exact) mass is 241 g/mol. The number of rotatable bonds is 5. The SMILES string of the molecule is CN(Cc1cc(Cl)ccn1)CC(C)(C)CN. The fourth-order valence-corrected chi connectivity index (χ4v) is 1.85. The van der Waals surface area contributed by atoms with Gasteiger partial charge in [0.25, 0.3) is 0 Å². The first-order chi connectivity index (χ1) is 7.43. The number of aromatic nitrogens is 1. The number of hydrogen-bond acceptors (Lipinski definition) is 3. The second kappa shape index (κ2) is 5.62. The maximum absolute atomic E-state index is 5.91. The smallest absolute Gasteiger partial charge is 0.0558 e. The predicted molar refractivity (Wildman–Crippen MR) is 68.4 cm³/mol. The lowest BCUT2D eigenvalue weighted by molar-refractivity contribution is 0.208. The minimum Gasteiger partial charge on any atom is -0.330 e. The average Bonchev–Trinajstić information content (AvgIpc) is 2.16. The minimum atomic E-state index is 0.132. The molecule has 90 valence electrons. The zero-order valence-electron chi connectivity index (χ0n) is 10.2. The predicted octanol–water partition coefficient (Wildman–Crippen LogP) is 2.15. The summed E-state index contributed by atoms with van der Waals surface area (Å²) < 4.78 is 0. The van der Waals surface area contributed by atoms with Crippen molar-refractivity contribution in [2.45, 2.75) is 20.4 Å². The molecular weight excluding hydrogens is 222 g/mol. The van der Waals surface area contributed by atoms with Crippen molar-refractivity contribution >= 4 is 11.6 Å². The van der Waals surface area contributed by atoms with Crippen molar-refractivity contribution < 1.29 is 0 Å². The first-order valence-corrected chi connectivity index (χ1v) is 5.80. The van der Waals surface area contributed by atoms with Crippen LogP contribution in [0.1, 0.15) is 19.5 Å². The zero-order valence-corrected chi connectivity index (χ0v) is 11.0. The van der Waals surface area contributed by atoms with Gasteiger partial charge in [-0.25, -0.2) is 0 Å². The van der Waals surface area contributed by atoms with E-state index in [1.54, 1.807) is 12.3 Å². The van der Waals surface area contributed by atoms with Crippen molar-refractivity contribution in [3.8, 4) is 0 Å². The Morgan fingerprint density at radius 1 is 1.50 bits per heavy atom. The van der Waals surface area contributed by atoms with E-state index in [4.69, 9.17) is 17.3 Å². The lowest BCUT2D eigenvalue weighted by atomic mass is 9.93. The molecule has 1 aromatic heterocycles. The Bertz CT molecular complexity index is 339. The Balaban J connectivity index is 2.55. The Morgan fingerprint density at radius 3 is 2.75 bits per heavy atom. The Hall–Kier alpha value is -0.640. The van der Waals surface area contributed by atoms with E-state index in [1.807, 2.05) is 6.07 Å². The molecule has 0 aliphatic rings. The van der Waals surface area contributed by atoms with E-state index in [1.165, 1.54) is 0 Å². The van der Waals surface area contributed by atoms with Gasteiger partial charge in [0.15, 0.2) is 0 Å². The molecule has 0 radical (unpaired) electrons. The van der Waals surface area contributed by atoms with Gasteiger partial charge in [-0.1, -0.05) is 25.4 Å². The highest BCUT2D eigenvalue weighted by Gasteiger charge is 2.18. The third-order valence-corrected chi connectivity index (χ3v) is 2.70. The molecule has 0 saturated carbocycles. The zero-order chi connectivity index (χ0) is 12.2. The Kier molecular flexibility index (Phi) is 4.71. The fourth-order valence-electron chi connectivity index (χ4n) is 1.66. The number of pyridine rings is 1. The van der Waals surface area contributed by atoms with E-state index in [2.05, 4.69) is 30.8 Å². The fraction of sp³-hybridized carbons (Fsp3) is 0.583. The van der Waals surface area contributed by atoms with Crippen LogP contribution in [0.2, 0.25) is 5.02 Å². The van der Waals surface area contributed by atoms with E-state index < -0.39 is 0 Å². The summed E-state index contributed by atoms with van der Waals surface area (Å²) in [7, 11) is 2.07. The van der Waals surface area contributed by atoms with Crippen molar-refractivity contribution in [1.82, 2.24) is 9.88 Å². The maximum atomic E-state index is 5.91. The van der Waals surface area contributed by atoms with Crippen LogP contribution in [0, 0.1) is 5.41 Å². The molecule has 0 aromatic carbocycles. The quantitative estimate of drug-likeness (QED) is 0.859. The van der Waals surface area contributed by atoms with E-state index in [0.29, 0.717) is 6.54 Å². The molecular formula is C12H20ClN3. The van der Waals surface area contributed by atoms with E-state index in [9.17, 15) is 0 Å². The molecule has 16 heavy (non-hydrogen) atoms. The van der Waals surface area contributed by atoms with Gasteiger partial charge in [-0.15, -0.1) is 0 Å². The number of halogens is 1. The summed E-state index contributed by atoms with van der Waals surface area (Å²) in [5, 5.41) is 0.733. The van der Waals surface area contributed by atoms with Gasteiger partial charge in [-0.2, -0.15) is 0 Å². The molecule has 1 heterocycles. The largest absolute Gasteiger partial charge is 0.330 e. The third-order valence-electron chi connectivity index (χ3n) is 2.46. The minimum absolute atomic E-state index is 0.132. The van der Waals surface area contributed by atoms with Gasteiger partial charge in [0, 0.05) is 24.3 Å². The summed E-state index contributed by atoms with van der Waals surface area (Å²) >= 11 is 5.91. The molecule has 0 bridgehead atoms. The summed E-state index contributed by atoms with van der Waals surface area (Å²) in [5.74, 6) is 0. The molecule has 0 atom stereocenters. The van der Waals surface area contributed by atoms with Crippen molar-refractivity contribution in [3.63, 3.8) is 0 Å². The van der Waals surface area contributed by atoms with E-state index in [0.717, 1.165) is 23.8 Å². The summed E-state index contributed by atoms with van der Waals surface area (Å²) in [4.78, 5) is 6.49. The lowest BCUT2D eigenvalue weighted by Gasteiger charge is -2.28. The van der Waals surface area contributed by atoms with Crippen LogP contribution in [0.5, 0.6) is 0 Å². The van der Waals surface area contributed by atoms with E-state index in [-0.39, 0.29) is 5.41 Å². The molecule has 3 nitrogen and oxygen atoms in total. The molecule has 0 fully saturated rings. The standard InChI is InChI=1S/C12H20ClN3/c1-12(2,8-14)9-16(3)7-11-6-10(13)4-5-15-11/h4-6H,7-9,14H2,1-3H3. The highest BCUT2D eigenvalue weighted by molar-refractivity contribution is 6.30. The summed E-state index contributed by atoms with van der Waals surface area (Å²) in [6.45, 7) is 6.74. The van der Waals surface area contributed by atoms with Gasteiger partial charge in [0.1, 0.15) is 0 Å². The van der Waals surface area contributed by atoms with Crippen LogP contribution in [0.4, 0.5) is 0 Å². The molecule has 2 N–H and O–H groups in total. The van der Waals surface area contributed by atoms with Crippen LogP contribution < -0.4 is 5.73 Å². The van der Waals surface area contributed by atoms with Crippen LogP contribution in [0.3, 0.4) is 0 Å². The van der Waals surface area contributed by atoms with Crippen molar-refractivity contribution in [3.05, 3.63) is 29.0 Å². The number of nitrogens with two attached hydrogens (primary N) is 1. The van der Waals surface area contributed by atoms with Crippen molar-refractivity contribution in [2.75, 3.05) is 20.1 Å². The van der Waals surface area contributed by atoms with Crippen LogP contribution >= 0.6 is 11.6 Å². The van der Waals surface area contributed by atoms with Gasteiger partial charge in [-0.05, 0) is 31.1 Å². The summed E-state index contributed by atoms with van der Waals surface area (Å²) in [6, 6.07) is 3.68. The molecule has 0 amide bonds. The molecule has 0 unspecified atom stereocenters. The lowest BCUT2D eigenvalue weighted by Crippen LogP contribution is -2.36. The normalized spacial score (nSPS) is 12.1. The van der Waals surface area contributed by atoms with Crippen LogP contribution in [0.25, 0.3) is 0 Å². The maximum Gasteiger partial charge on any atom is 0.0558 e. The second-order valence-corrected chi connectivity index (χ2v) is 5.44. The molecule has 0 aliphatic heterocycles. The summed E-state index contributed by atoms with van der Waals surface area (Å²) in [6.07, 6.45) is 1.74. The summed E-state index contributed by atoms with van der Waals surface area (Å²) in [5.41, 5.74) is 6.83. The third kappa shape index (κ3) is 4.47. The van der Waals surface area contributed by atoms with Gasteiger partial charge in [0.05, 0.1) is 5.69 Å². The molecule has 1 rings (SSSR count). The molecule has 0 saturated heterocycles. The van der Waals surface area contributed by atoms with Gasteiger partial charge in [-0.3, -0.25) is 9.88 Å². The first-order valence-electron chi connectivity index (χ1n) is 5.42. The Labute approximate surface area is 103 Å². The highest BCUT2D eigenvalue weighted by atomic mass is 35.5. The number of hydrogen-bond donors (Lipinski definition) is 1. The van der Waals surface area contributed by atoms with Gasteiger partial charge >= 0.3 is 0 Å². The molecule has 4 heteroatoms. The van der Waals surface area contributed by atoms with Crippen LogP contribution in [-0.4, -0.2) is 30.0 Å². The van der Waals surface area contributed by atoms with Crippen molar-refractivity contribution in [2.24, 2.45) is 11.1 Å². The molecule has 1 aromatic rings. The van der Waals surface area contributed by atoms with E-state index >= 15 is 0 Å². The first kappa shape index (κ1) is 13.4. The highest BCUT2D eigenvalue weighted by Crippen LogP contribution is 2.16. The topological polar surface area (TPSA) is 42.2 Å².